The van der Waals surface area contributed by atoms with Crippen molar-refractivity contribution in [1.82, 2.24) is 15.8 Å². The average molecular weight is 424 g/mol. The highest BCUT2D eigenvalue weighted by atomic mass is 79.9. The second-order valence-corrected chi connectivity index (χ2v) is 7.49. The molecule has 7 nitrogen and oxygen atoms in total. The second-order valence-electron chi connectivity index (χ2n) is 6.63. The van der Waals surface area contributed by atoms with Gasteiger partial charge in [-0.05, 0) is 47.3 Å². The molecule has 4 amide bonds. The zero-order chi connectivity index (χ0) is 18.6. The van der Waals surface area contributed by atoms with Gasteiger partial charge in [-0.3, -0.25) is 15.0 Å². The number of halogens is 1. The summed E-state index contributed by atoms with van der Waals surface area (Å²) in [6.07, 6.45) is 4.76. The van der Waals surface area contributed by atoms with Crippen LogP contribution in [0, 0.1) is 0 Å². The maximum Gasteiger partial charge on any atom is 0.344 e. The van der Waals surface area contributed by atoms with Gasteiger partial charge in [-0.15, -0.1) is 0 Å². The highest BCUT2D eigenvalue weighted by Crippen LogP contribution is 2.33. The van der Waals surface area contributed by atoms with Gasteiger partial charge < -0.3 is 10.1 Å². The Hall–Kier alpha value is -2.09. The van der Waals surface area contributed by atoms with Gasteiger partial charge in [-0.1, -0.05) is 31.4 Å². The van der Waals surface area contributed by atoms with Crippen molar-refractivity contribution in [3.05, 3.63) is 28.7 Å². The number of imide groups is 1. The summed E-state index contributed by atoms with van der Waals surface area (Å²) in [6, 6.07) is 6.92. The van der Waals surface area contributed by atoms with Crippen molar-refractivity contribution in [2.24, 2.45) is 0 Å². The molecule has 0 aromatic heterocycles. The number of para-hydroxylation sites is 1. The standard InChI is InChI=1S/C18H22BrN3O4/c19-13-7-2-3-8-14(13)26-12-6-9-15(23)21-22-16(24)18(20-17(22)25)10-4-1-5-11-18/h2-3,7-8H,1,4-6,9-12H2,(H,20,25)(H,21,23). The Labute approximate surface area is 160 Å². The fraction of sp³-hybridized carbons (Fsp3) is 0.500. The van der Waals surface area contributed by atoms with Crippen molar-refractivity contribution in [2.75, 3.05) is 6.61 Å². The van der Waals surface area contributed by atoms with E-state index in [4.69, 9.17) is 4.74 Å². The molecule has 0 atom stereocenters. The molecule has 1 aromatic carbocycles. The monoisotopic (exact) mass is 423 g/mol. The summed E-state index contributed by atoms with van der Waals surface area (Å²) >= 11 is 3.39. The van der Waals surface area contributed by atoms with Crippen LogP contribution in [0.1, 0.15) is 44.9 Å². The summed E-state index contributed by atoms with van der Waals surface area (Å²) in [5.41, 5.74) is 1.60. The van der Waals surface area contributed by atoms with E-state index >= 15 is 0 Å². The van der Waals surface area contributed by atoms with Crippen LogP contribution in [0.3, 0.4) is 0 Å². The molecule has 2 N–H and O–H groups in total. The molecule has 1 saturated heterocycles. The first-order chi connectivity index (χ1) is 12.5. The Morgan fingerprint density at radius 1 is 1.23 bits per heavy atom. The topological polar surface area (TPSA) is 87.7 Å². The van der Waals surface area contributed by atoms with E-state index in [9.17, 15) is 14.4 Å². The van der Waals surface area contributed by atoms with E-state index in [1.807, 2.05) is 24.3 Å². The van der Waals surface area contributed by atoms with Gasteiger partial charge in [-0.25, -0.2) is 4.79 Å². The van der Waals surface area contributed by atoms with Gasteiger partial charge in [0.2, 0.25) is 5.91 Å². The summed E-state index contributed by atoms with van der Waals surface area (Å²) in [5.74, 6) is -0.0154. The molecular formula is C18H22BrN3O4. The first kappa shape index (κ1) is 18.7. The molecule has 1 saturated carbocycles. The molecule has 1 aliphatic heterocycles. The largest absolute Gasteiger partial charge is 0.492 e. The van der Waals surface area contributed by atoms with Crippen molar-refractivity contribution in [2.45, 2.75) is 50.5 Å². The highest BCUT2D eigenvalue weighted by molar-refractivity contribution is 9.10. The summed E-state index contributed by atoms with van der Waals surface area (Å²) in [4.78, 5) is 36.8. The maximum absolute atomic E-state index is 12.6. The Balaban J connectivity index is 1.45. The number of benzene rings is 1. The number of carbonyl (C=O) groups is 3. The maximum atomic E-state index is 12.6. The quantitative estimate of drug-likeness (QED) is 0.543. The number of hydrogen-bond donors (Lipinski definition) is 2. The number of nitrogens with one attached hydrogen (secondary N) is 2. The Kier molecular flexibility index (Phi) is 5.80. The molecule has 1 heterocycles. The van der Waals surface area contributed by atoms with Crippen molar-refractivity contribution in [3.63, 3.8) is 0 Å². The van der Waals surface area contributed by atoms with Gasteiger partial charge >= 0.3 is 6.03 Å². The minimum absolute atomic E-state index is 0.161. The van der Waals surface area contributed by atoms with Crippen molar-refractivity contribution >= 4 is 33.8 Å². The van der Waals surface area contributed by atoms with E-state index in [-0.39, 0.29) is 18.2 Å². The molecule has 1 spiro atoms. The van der Waals surface area contributed by atoms with Crippen LogP contribution in [0.5, 0.6) is 5.75 Å². The lowest BCUT2D eigenvalue weighted by atomic mass is 9.82. The minimum Gasteiger partial charge on any atom is -0.492 e. The van der Waals surface area contributed by atoms with Gasteiger partial charge in [0.15, 0.2) is 0 Å². The van der Waals surface area contributed by atoms with Gasteiger partial charge in [0.25, 0.3) is 5.91 Å². The van der Waals surface area contributed by atoms with Crippen LogP contribution in [0.4, 0.5) is 4.79 Å². The number of hydrogen-bond acceptors (Lipinski definition) is 4. The lowest BCUT2D eigenvalue weighted by molar-refractivity contribution is -0.140. The smallest absolute Gasteiger partial charge is 0.344 e. The van der Waals surface area contributed by atoms with Gasteiger partial charge in [-0.2, -0.15) is 5.01 Å². The predicted octanol–water partition coefficient (Wildman–Crippen LogP) is 2.89. The van der Waals surface area contributed by atoms with Crippen LogP contribution in [-0.2, 0) is 9.59 Å². The van der Waals surface area contributed by atoms with Crippen molar-refractivity contribution < 1.29 is 19.1 Å². The Morgan fingerprint density at radius 3 is 2.69 bits per heavy atom. The van der Waals surface area contributed by atoms with Crippen LogP contribution in [0.2, 0.25) is 0 Å². The van der Waals surface area contributed by atoms with Crippen LogP contribution >= 0.6 is 15.9 Å². The summed E-state index contributed by atoms with van der Waals surface area (Å²) in [6.45, 7) is 0.361. The summed E-state index contributed by atoms with van der Waals surface area (Å²) < 4.78 is 6.45. The molecule has 2 aliphatic rings. The Bertz CT molecular complexity index is 703. The SMILES string of the molecule is O=C(CCCOc1ccccc1Br)NN1C(=O)NC2(CCCCC2)C1=O. The van der Waals surface area contributed by atoms with E-state index in [0.29, 0.717) is 31.6 Å². The molecule has 140 valence electrons. The third kappa shape index (κ3) is 4.00. The minimum atomic E-state index is -0.828. The number of ether oxygens (including phenoxy) is 1. The van der Waals surface area contributed by atoms with E-state index in [1.165, 1.54) is 0 Å². The number of hydrazine groups is 1. The molecular weight excluding hydrogens is 402 g/mol. The number of nitrogens with zero attached hydrogens (tertiary/aromatic N) is 1. The molecule has 3 rings (SSSR count). The summed E-state index contributed by atoms with van der Waals surface area (Å²) in [7, 11) is 0. The lowest BCUT2D eigenvalue weighted by Crippen LogP contribution is -2.50. The number of carbonyl (C=O) groups excluding carboxylic acids is 3. The third-order valence-corrected chi connectivity index (χ3v) is 5.40. The van der Waals surface area contributed by atoms with Gasteiger partial charge in [0, 0.05) is 6.42 Å². The highest BCUT2D eigenvalue weighted by Gasteiger charge is 2.52. The molecule has 0 bridgehead atoms. The zero-order valence-electron chi connectivity index (χ0n) is 14.4. The molecule has 26 heavy (non-hydrogen) atoms. The number of amides is 4. The number of urea groups is 1. The first-order valence-corrected chi connectivity index (χ1v) is 9.65. The fourth-order valence-corrected chi connectivity index (χ4v) is 3.77. The van der Waals surface area contributed by atoms with E-state index in [0.717, 1.165) is 28.7 Å². The second kappa shape index (κ2) is 8.07. The molecule has 2 fully saturated rings. The van der Waals surface area contributed by atoms with Gasteiger partial charge in [0.1, 0.15) is 11.3 Å². The summed E-state index contributed by atoms with van der Waals surface area (Å²) in [5, 5.41) is 3.60. The van der Waals surface area contributed by atoms with Crippen molar-refractivity contribution in [3.8, 4) is 5.75 Å². The molecule has 1 aliphatic carbocycles. The van der Waals surface area contributed by atoms with E-state index in [1.54, 1.807) is 0 Å². The molecule has 0 radical (unpaired) electrons. The molecule has 8 heteroatoms. The normalized spacial score (nSPS) is 18.7. The van der Waals surface area contributed by atoms with Crippen LogP contribution < -0.4 is 15.5 Å². The first-order valence-electron chi connectivity index (χ1n) is 8.85. The molecule has 0 unspecified atom stereocenters. The fourth-order valence-electron chi connectivity index (χ4n) is 3.37. The lowest BCUT2D eigenvalue weighted by Gasteiger charge is -2.30. The predicted molar refractivity (Wildman–Crippen MR) is 98.2 cm³/mol. The van der Waals surface area contributed by atoms with Crippen molar-refractivity contribution in [1.29, 1.82) is 0 Å². The molecule has 1 aromatic rings. The number of rotatable bonds is 6. The van der Waals surface area contributed by atoms with Crippen LogP contribution in [0.15, 0.2) is 28.7 Å². The Morgan fingerprint density at radius 2 is 1.96 bits per heavy atom. The average Bonchev–Trinajstić information content (AvgIpc) is 2.85. The zero-order valence-corrected chi connectivity index (χ0v) is 16.0. The van der Waals surface area contributed by atoms with Crippen LogP contribution in [-0.4, -0.2) is 35.0 Å². The third-order valence-electron chi connectivity index (χ3n) is 4.75. The van der Waals surface area contributed by atoms with E-state index < -0.39 is 11.6 Å². The van der Waals surface area contributed by atoms with E-state index in [2.05, 4.69) is 26.7 Å². The van der Waals surface area contributed by atoms with Crippen LogP contribution in [0.25, 0.3) is 0 Å². The van der Waals surface area contributed by atoms with Gasteiger partial charge in [0.05, 0.1) is 11.1 Å².